The van der Waals surface area contributed by atoms with Crippen LogP contribution in [0.15, 0.2) is 72.3 Å². The highest BCUT2D eigenvalue weighted by Crippen LogP contribution is 2.44. The monoisotopic (exact) mass is 525 g/mol. The molecule has 0 aromatic heterocycles. The van der Waals surface area contributed by atoms with Crippen molar-refractivity contribution < 1.29 is 19.4 Å². The van der Waals surface area contributed by atoms with Gasteiger partial charge in [-0.15, -0.1) is 0 Å². The van der Waals surface area contributed by atoms with Crippen LogP contribution in [0.4, 0.5) is 17.1 Å². The van der Waals surface area contributed by atoms with Gasteiger partial charge in [0.05, 0.1) is 23.8 Å². The fourth-order valence-electron chi connectivity index (χ4n) is 5.14. The summed E-state index contributed by atoms with van der Waals surface area (Å²) in [4.78, 5) is 32.7. The van der Waals surface area contributed by atoms with E-state index in [1.165, 1.54) is 4.90 Å². The Hall–Kier alpha value is -4.26. The minimum Gasteiger partial charge on any atom is -0.507 e. The van der Waals surface area contributed by atoms with E-state index in [1.54, 1.807) is 12.1 Å². The molecule has 1 N–H and O–H groups in total. The molecule has 2 heterocycles. The largest absolute Gasteiger partial charge is 0.507 e. The third-order valence-electron chi connectivity index (χ3n) is 7.51. The molecule has 0 bridgehead atoms. The average Bonchev–Trinajstić information content (AvgIpc) is 3.18. The van der Waals surface area contributed by atoms with E-state index in [9.17, 15) is 14.7 Å². The van der Waals surface area contributed by atoms with Gasteiger partial charge in [0.1, 0.15) is 18.1 Å². The highest BCUT2D eigenvalue weighted by atomic mass is 16.5. The summed E-state index contributed by atoms with van der Waals surface area (Å²) in [7, 11) is 5.84. The third-order valence-corrected chi connectivity index (χ3v) is 7.51. The van der Waals surface area contributed by atoms with Crippen LogP contribution in [0.2, 0.25) is 0 Å². The number of rotatable bonds is 4. The molecule has 1 amide bonds. The van der Waals surface area contributed by atoms with Crippen molar-refractivity contribution in [2.24, 2.45) is 0 Å². The van der Waals surface area contributed by atoms with Gasteiger partial charge in [-0.25, -0.2) is 0 Å². The van der Waals surface area contributed by atoms with Gasteiger partial charge in [0.2, 0.25) is 0 Å². The lowest BCUT2D eigenvalue weighted by Crippen LogP contribution is -2.29. The maximum atomic E-state index is 13.6. The number of ketones is 1. The fraction of sp³-hybridized carbons (Fsp3) is 0.312. The van der Waals surface area contributed by atoms with Crippen molar-refractivity contribution in [2.75, 3.05) is 49.0 Å². The van der Waals surface area contributed by atoms with Gasteiger partial charge in [-0.3, -0.25) is 14.5 Å². The van der Waals surface area contributed by atoms with Gasteiger partial charge in [-0.05, 0) is 59.0 Å². The summed E-state index contributed by atoms with van der Waals surface area (Å²) in [6.07, 6.45) is 0. The van der Waals surface area contributed by atoms with E-state index in [1.807, 2.05) is 85.5 Å². The molecule has 1 atom stereocenters. The molecule has 3 aromatic carbocycles. The van der Waals surface area contributed by atoms with Crippen molar-refractivity contribution >= 4 is 34.5 Å². The van der Waals surface area contributed by atoms with Gasteiger partial charge >= 0.3 is 0 Å². The first-order chi connectivity index (χ1) is 18.5. The van der Waals surface area contributed by atoms with Gasteiger partial charge < -0.3 is 19.6 Å². The van der Waals surface area contributed by atoms with E-state index in [2.05, 4.69) is 20.8 Å². The number of anilines is 3. The molecule has 7 heteroatoms. The Morgan fingerprint density at radius 2 is 1.64 bits per heavy atom. The van der Waals surface area contributed by atoms with Crippen molar-refractivity contribution in [2.45, 2.75) is 32.2 Å². The summed E-state index contributed by atoms with van der Waals surface area (Å²) >= 11 is 0. The van der Waals surface area contributed by atoms with Gasteiger partial charge in [0.25, 0.3) is 11.7 Å². The van der Waals surface area contributed by atoms with Crippen LogP contribution in [0.3, 0.4) is 0 Å². The van der Waals surface area contributed by atoms with Gasteiger partial charge in [-0.1, -0.05) is 45.0 Å². The fourth-order valence-corrected chi connectivity index (χ4v) is 5.14. The van der Waals surface area contributed by atoms with E-state index < -0.39 is 17.7 Å². The molecule has 0 aliphatic carbocycles. The Labute approximate surface area is 229 Å². The summed E-state index contributed by atoms with van der Waals surface area (Å²) < 4.78 is 5.75. The zero-order chi connectivity index (χ0) is 28.1. The van der Waals surface area contributed by atoms with Crippen molar-refractivity contribution in [3.05, 3.63) is 89.0 Å². The number of nitrogens with zero attached hydrogens (tertiary/aromatic N) is 3. The number of carbonyl (C=O) groups excluding carboxylic acids is 2. The molecule has 202 valence electrons. The maximum Gasteiger partial charge on any atom is 0.300 e. The number of hydrogen-bond donors (Lipinski definition) is 1. The zero-order valence-electron chi connectivity index (χ0n) is 23.4. The molecule has 2 aliphatic rings. The normalized spacial score (nSPS) is 18.7. The Morgan fingerprint density at radius 1 is 0.974 bits per heavy atom. The predicted molar refractivity (Wildman–Crippen MR) is 156 cm³/mol. The Bertz CT molecular complexity index is 1450. The number of ether oxygens (including phenoxy) is 1. The molecule has 7 nitrogen and oxygen atoms in total. The molecule has 1 saturated heterocycles. The van der Waals surface area contributed by atoms with E-state index in [4.69, 9.17) is 4.74 Å². The smallest absolute Gasteiger partial charge is 0.300 e. The van der Waals surface area contributed by atoms with Crippen LogP contribution in [0.1, 0.15) is 43.5 Å². The van der Waals surface area contributed by atoms with Crippen molar-refractivity contribution in [3.63, 3.8) is 0 Å². The first-order valence-corrected chi connectivity index (χ1v) is 13.1. The van der Waals surface area contributed by atoms with Crippen molar-refractivity contribution in [3.8, 4) is 5.75 Å². The second-order valence-corrected chi connectivity index (χ2v) is 11.4. The van der Waals surface area contributed by atoms with Crippen LogP contribution < -0.4 is 19.4 Å². The molecular formula is C32H35N3O4. The lowest BCUT2D eigenvalue weighted by Gasteiger charge is -2.28. The number of likely N-dealkylation sites (N-methyl/N-ethyl adjacent to an activating group) is 1. The Balaban J connectivity index is 1.67. The molecular weight excluding hydrogens is 490 g/mol. The number of benzene rings is 3. The summed E-state index contributed by atoms with van der Waals surface area (Å²) in [5, 5.41) is 11.6. The van der Waals surface area contributed by atoms with E-state index in [0.29, 0.717) is 24.4 Å². The lowest BCUT2D eigenvalue weighted by atomic mass is 9.85. The average molecular weight is 526 g/mol. The molecule has 5 rings (SSSR count). The SMILES string of the molecule is CN(C)c1ccc(N2C(=O)C(=O)/C(=C(\O)c3ccc4c(c3)N(C)CCO4)C2c2ccc(C(C)(C)C)cc2)cc1. The number of fused-ring (bicyclic) bond motifs is 1. The van der Waals surface area contributed by atoms with Crippen LogP contribution in [0.5, 0.6) is 5.75 Å². The second-order valence-electron chi connectivity index (χ2n) is 11.4. The molecule has 0 saturated carbocycles. The number of hydrogen-bond acceptors (Lipinski definition) is 6. The van der Waals surface area contributed by atoms with Crippen molar-refractivity contribution in [1.29, 1.82) is 0 Å². The summed E-state index contributed by atoms with van der Waals surface area (Å²) in [6.45, 7) is 7.70. The summed E-state index contributed by atoms with van der Waals surface area (Å²) in [5.74, 6) is -0.864. The summed E-state index contributed by atoms with van der Waals surface area (Å²) in [5.41, 5.74) is 4.74. The van der Waals surface area contributed by atoms with Gasteiger partial charge in [-0.2, -0.15) is 0 Å². The van der Waals surface area contributed by atoms with Gasteiger partial charge in [0.15, 0.2) is 0 Å². The number of aliphatic hydroxyl groups is 1. The molecule has 2 aliphatic heterocycles. The minimum absolute atomic E-state index is 0.0560. The van der Waals surface area contributed by atoms with Crippen molar-refractivity contribution in [1.82, 2.24) is 0 Å². The zero-order valence-corrected chi connectivity index (χ0v) is 23.4. The molecule has 0 radical (unpaired) electrons. The van der Waals surface area contributed by atoms with Crippen LogP contribution >= 0.6 is 0 Å². The maximum absolute atomic E-state index is 13.6. The Morgan fingerprint density at radius 3 is 2.26 bits per heavy atom. The summed E-state index contributed by atoms with van der Waals surface area (Å²) in [6, 6.07) is 20.0. The quantitative estimate of drug-likeness (QED) is 0.275. The standard InChI is InChI=1S/C32H35N3O4/c1-32(2,3)22-10-7-20(8-11-22)28-27(29(36)21-9-16-26-25(19-21)34(6)17-18-39-26)30(37)31(38)35(28)24-14-12-23(13-15-24)33(4)5/h7-16,19,28,36H,17-18H2,1-6H3/b29-27-. The van der Waals surface area contributed by atoms with Crippen LogP contribution in [0.25, 0.3) is 5.76 Å². The molecule has 39 heavy (non-hydrogen) atoms. The number of amides is 1. The molecule has 3 aromatic rings. The topological polar surface area (TPSA) is 73.3 Å². The number of carbonyl (C=O) groups is 2. The van der Waals surface area contributed by atoms with E-state index in [-0.39, 0.29) is 16.7 Å². The number of Topliss-reactive ketones (excluding diaryl/α,β-unsaturated/α-hetero) is 1. The van der Waals surface area contributed by atoms with Crippen LogP contribution in [-0.2, 0) is 15.0 Å². The van der Waals surface area contributed by atoms with E-state index >= 15 is 0 Å². The van der Waals surface area contributed by atoms with Gasteiger partial charge in [0, 0.05) is 38.1 Å². The molecule has 1 fully saturated rings. The third kappa shape index (κ3) is 4.73. The Kier molecular flexibility index (Phi) is 6.62. The number of aliphatic hydroxyl groups excluding tert-OH is 1. The molecule has 1 unspecified atom stereocenters. The lowest BCUT2D eigenvalue weighted by molar-refractivity contribution is -0.132. The second kappa shape index (κ2) is 9.80. The highest BCUT2D eigenvalue weighted by Gasteiger charge is 2.47. The van der Waals surface area contributed by atoms with Crippen LogP contribution in [-0.4, -0.2) is 51.1 Å². The van der Waals surface area contributed by atoms with Crippen LogP contribution in [0, 0.1) is 0 Å². The minimum atomic E-state index is -0.783. The first-order valence-electron chi connectivity index (χ1n) is 13.1. The molecule has 0 spiro atoms. The van der Waals surface area contributed by atoms with E-state index in [0.717, 1.165) is 28.3 Å². The highest BCUT2D eigenvalue weighted by molar-refractivity contribution is 6.51. The first kappa shape index (κ1) is 26.4. The predicted octanol–water partition coefficient (Wildman–Crippen LogP) is 5.51.